The van der Waals surface area contributed by atoms with Crippen LogP contribution in [0.15, 0.2) is 30.5 Å². The van der Waals surface area contributed by atoms with Crippen molar-refractivity contribution in [1.29, 1.82) is 0 Å². The first-order chi connectivity index (χ1) is 11.4. The van der Waals surface area contributed by atoms with Crippen molar-refractivity contribution in [3.05, 3.63) is 30.5 Å². The van der Waals surface area contributed by atoms with Gasteiger partial charge in [0.15, 0.2) is 0 Å². The molecule has 1 heterocycles. The van der Waals surface area contributed by atoms with Crippen molar-refractivity contribution in [2.75, 3.05) is 5.32 Å². The number of hydrogen-bond donors (Lipinski definition) is 1. The molecule has 3 rings (SSSR count). The zero-order valence-electron chi connectivity index (χ0n) is 13.6. The van der Waals surface area contributed by atoms with Crippen molar-refractivity contribution >= 4 is 22.5 Å². The van der Waals surface area contributed by atoms with E-state index in [1.807, 2.05) is 31.3 Å². The smallest absolute Gasteiger partial charge is 0.348 e. The lowest BCUT2D eigenvalue weighted by Crippen LogP contribution is -2.34. The molecule has 1 saturated carbocycles. The summed E-state index contributed by atoms with van der Waals surface area (Å²) in [4.78, 5) is 12.4. The number of hydrogen-bond acceptors (Lipinski definition) is 1. The molecule has 6 heteroatoms. The van der Waals surface area contributed by atoms with E-state index in [4.69, 9.17) is 0 Å². The molecule has 1 N–H and O–H groups in total. The van der Waals surface area contributed by atoms with Crippen LogP contribution in [0.3, 0.4) is 0 Å². The van der Waals surface area contributed by atoms with Crippen LogP contribution in [0.5, 0.6) is 0 Å². The van der Waals surface area contributed by atoms with E-state index in [9.17, 15) is 18.0 Å². The standard InChI is InChI=1S/C18H21F3N2O/c1-2-23-9-8-12-6-7-15(11-16(12)23)22-17(24)13-4-3-5-14(10-13)18(19,20)21/h6-9,11,13-14H,2-5,10H2,1H3,(H,22,24). The fraction of sp³-hybridized carbons (Fsp3) is 0.500. The first kappa shape index (κ1) is 16.9. The molecule has 0 saturated heterocycles. The summed E-state index contributed by atoms with van der Waals surface area (Å²) in [5.74, 6) is -2.24. The van der Waals surface area contributed by atoms with Crippen molar-refractivity contribution in [2.24, 2.45) is 11.8 Å². The van der Waals surface area contributed by atoms with Crippen LogP contribution >= 0.6 is 0 Å². The Kier molecular flexibility index (Phi) is 4.56. The molecule has 0 aliphatic heterocycles. The normalized spacial score (nSPS) is 21.8. The number of rotatable bonds is 3. The Balaban J connectivity index is 1.72. The van der Waals surface area contributed by atoms with Gasteiger partial charge in [-0.2, -0.15) is 13.2 Å². The lowest BCUT2D eigenvalue weighted by molar-refractivity contribution is -0.185. The number of carbonyl (C=O) groups is 1. The Morgan fingerprint density at radius 2 is 2.08 bits per heavy atom. The van der Waals surface area contributed by atoms with Crippen LogP contribution in [0.25, 0.3) is 10.9 Å². The number of aryl methyl sites for hydroxylation is 1. The number of amides is 1. The van der Waals surface area contributed by atoms with Gasteiger partial charge in [0, 0.05) is 24.3 Å². The summed E-state index contributed by atoms with van der Waals surface area (Å²) in [6, 6.07) is 7.58. The molecule has 24 heavy (non-hydrogen) atoms. The van der Waals surface area contributed by atoms with Crippen LogP contribution in [-0.4, -0.2) is 16.7 Å². The molecule has 1 aliphatic rings. The maximum absolute atomic E-state index is 12.9. The molecule has 1 fully saturated rings. The molecule has 1 aromatic carbocycles. The highest BCUT2D eigenvalue weighted by atomic mass is 19.4. The van der Waals surface area contributed by atoms with E-state index in [1.165, 1.54) is 0 Å². The number of halogens is 3. The molecule has 0 bridgehead atoms. The van der Waals surface area contributed by atoms with E-state index in [2.05, 4.69) is 9.88 Å². The lowest BCUT2D eigenvalue weighted by atomic mass is 9.80. The second kappa shape index (κ2) is 6.49. The third-order valence-corrected chi connectivity index (χ3v) is 4.89. The summed E-state index contributed by atoms with van der Waals surface area (Å²) < 4.78 is 40.7. The average Bonchev–Trinajstić information content (AvgIpc) is 2.96. The van der Waals surface area contributed by atoms with Gasteiger partial charge in [0.2, 0.25) is 5.91 Å². The number of carbonyl (C=O) groups excluding carboxylic acids is 1. The summed E-state index contributed by atoms with van der Waals surface area (Å²) in [6.45, 7) is 2.85. The third-order valence-electron chi connectivity index (χ3n) is 4.89. The Hall–Kier alpha value is -1.98. The van der Waals surface area contributed by atoms with Crippen molar-refractivity contribution in [2.45, 2.75) is 45.3 Å². The van der Waals surface area contributed by atoms with Crippen molar-refractivity contribution in [1.82, 2.24) is 4.57 Å². The SMILES string of the molecule is CCn1ccc2ccc(NC(=O)C3CCCC(C(F)(F)F)C3)cc21. The summed E-state index contributed by atoms with van der Waals surface area (Å²) in [7, 11) is 0. The minimum Gasteiger partial charge on any atom is -0.348 e. The first-order valence-corrected chi connectivity index (χ1v) is 8.35. The van der Waals surface area contributed by atoms with E-state index < -0.39 is 18.0 Å². The number of aromatic nitrogens is 1. The molecule has 3 nitrogen and oxygen atoms in total. The number of nitrogens with zero attached hydrogens (tertiary/aromatic N) is 1. The lowest BCUT2D eigenvalue weighted by Gasteiger charge is -2.29. The molecule has 130 valence electrons. The predicted molar refractivity (Wildman–Crippen MR) is 87.7 cm³/mol. The third kappa shape index (κ3) is 3.42. The number of nitrogens with one attached hydrogen (secondary N) is 1. The van der Waals surface area contributed by atoms with Gasteiger partial charge in [-0.05, 0) is 49.8 Å². The number of alkyl halides is 3. The maximum Gasteiger partial charge on any atom is 0.391 e. The molecular formula is C18H21F3N2O. The van der Waals surface area contributed by atoms with Crippen LogP contribution in [0.1, 0.15) is 32.6 Å². The van der Waals surface area contributed by atoms with E-state index in [1.54, 1.807) is 6.07 Å². The van der Waals surface area contributed by atoms with E-state index >= 15 is 0 Å². The van der Waals surface area contributed by atoms with Gasteiger partial charge in [0.25, 0.3) is 0 Å². The van der Waals surface area contributed by atoms with Crippen LogP contribution in [0.2, 0.25) is 0 Å². The van der Waals surface area contributed by atoms with Gasteiger partial charge < -0.3 is 9.88 Å². The molecule has 1 aromatic heterocycles. The van der Waals surface area contributed by atoms with E-state index in [0.717, 1.165) is 17.4 Å². The molecular weight excluding hydrogens is 317 g/mol. The number of fused-ring (bicyclic) bond motifs is 1. The zero-order valence-corrected chi connectivity index (χ0v) is 13.6. The summed E-state index contributed by atoms with van der Waals surface area (Å²) in [5, 5.41) is 3.87. The van der Waals surface area contributed by atoms with Crippen molar-refractivity contribution in [3.63, 3.8) is 0 Å². The van der Waals surface area contributed by atoms with Crippen molar-refractivity contribution < 1.29 is 18.0 Å². The summed E-state index contributed by atoms with van der Waals surface area (Å²) >= 11 is 0. The quantitative estimate of drug-likeness (QED) is 0.842. The van der Waals surface area contributed by atoms with E-state index in [-0.39, 0.29) is 18.7 Å². The van der Waals surface area contributed by atoms with Gasteiger partial charge in [-0.1, -0.05) is 12.5 Å². The zero-order chi connectivity index (χ0) is 17.3. The Labute approximate surface area is 138 Å². The Bertz CT molecular complexity index is 735. The monoisotopic (exact) mass is 338 g/mol. The molecule has 0 spiro atoms. The average molecular weight is 338 g/mol. The fourth-order valence-corrected chi connectivity index (χ4v) is 3.51. The highest BCUT2D eigenvalue weighted by molar-refractivity contribution is 5.95. The van der Waals surface area contributed by atoms with E-state index in [0.29, 0.717) is 18.5 Å². The number of benzene rings is 1. The Morgan fingerprint density at radius 3 is 2.79 bits per heavy atom. The van der Waals surface area contributed by atoms with Gasteiger partial charge in [-0.15, -0.1) is 0 Å². The second-order valence-corrected chi connectivity index (χ2v) is 6.47. The largest absolute Gasteiger partial charge is 0.391 e. The summed E-state index contributed by atoms with van der Waals surface area (Å²) in [5.41, 5.74) is 1.64. The van der Waals surface area contributed by atoms with Gasteiger partial charge in [-0.25, -0.2) is 0 Å². The van der Waals surface area contributed by atoms with Gasteiger partial charge >= 0.3 is 6.18 Å². The van der Waals surface area contributed by atoms with Gasteiger partial charge in [0.05, 0.1) is 11.4 Å². The second-order valence-electron chi connectivity index (χ2n) is 6.47. The first-order valence-electron chi connectivity index (χ1n) is 8.35. The summed E-state index contributed by atoms with van der Waals surface area (Å²) in [6.07, 6.45) is -1.25. The van der Waals surface area contributed by atoms with Crippen LogP contribution in [0, 0.1) is 11.8 Å². The topological polar surface area (TPSA) is 34.0 Å². The minimum absolute atomic E-state index is 0.108. The minimum atomic E-state index is -4.21. The molecule has 1 amide bonds. The highest BCUT2D eigenvalue weighted by Gasteiger charge is 2.43. The molecule has 0 radical (unpaired) electrons. The van der Waals surface area contributed by atoms with Gasteiger partial charge in [0.1, 0.15) is 0 Å². The maximum atomic E-state index is 12.9. The van der Waals surface area contributed by atoms with Gasteiger partial charge in [-0.3, -0.25) is 4.79 Å². The highest BCUT2D eigenvalue weighted by Crippen LogP contribution is 2.40. The molecule has 2 unspecified atom stereocenters. The van der Waals surface area contributed by atoms with Crippen molar-refractivity contribution in [3.8, 4) is 0 Å². The molecule has 1 aliphatic carbocycles. The van der Waals surface area contributed by atoms with Crippen LogP contribution in [0.4, 0.5) is 18.9 Å². The molecule has 2 aromatic rings. The number of anilines is 1. The van der Waals surface area contributed by atoms with Crippen LogP contribution < -0.4 is 5.32 Å². The predicted octanol–water partition coefficient (Wildman–Crippen LogP) is 4.97. The fourth-order valence-electron chi connectivity index (χ4n) is 3.51. The Morgan fingerprint density at radius 1 is 1.29 bits per heavy atom. The van der Waals surface area contributed by atoms with Crippen LogP contribution in [-0.2, 0) is 11.3 Å². The molecule has 2 atom stereocenters.